The molecule has 18 heavy (non-hydrogen) atoms. The van der Waals surface area contributed by atoms with Crippen LogP contribution in [0.2, 0.25) is 0 Å². The van der Waals surface area contributed by atoms with Gasteiger partial charge >= 0.3 is 0 Å². The van der Waals surface area contributed by atoms with Gasteiger partial charge < -0.3 is 5.32 Å². The van der Waals surface area contributed by atoms with E-state index in [0.29, 0.717) is 12.8 Å². The summed E-state index contributed by atoms with van der Waals surface area (Å²) in [5.74, 6) is -0.213. The van der Waals surface area contributed by atoms with Crippen LogP contribution in [0.4, 0.5) is 5.69 Å². The Kier molecular flexibility index (Phi) is 5.15. The van der Waals surface area contributed by atoms with Crippen LogP contribution in [0.15, 0.2) is 18.2 Å². The molecule has 0 fully saturated rings. The zero-order valence-electron chi connectivity index (χ0n) is 10.9. The summed E-state index contributed by atoms with van der Waals surface area (Å²) in [7, 11) is 0. The smallest absolute Gasteiger partial charge is 0.244 e. The highest BCUT2D eigenvalue weighted by Crippen LogP contribution is 2.27. The van der Waals surface area contributed by atoms with Gasteiger partial charge in [-0.3, -0.25) is 4.79 Å². The van der Waals surface area contributed by atoms with E-state index in [4.69, 9.17) is 0 Å². The standard InChI is InChI=1S/C14H17IN2O/c1-4-14(5-2,9-16)13(18)17-11-7-6-10(3)12(15)8-11/h6-8H,4-5H2,1-3H3,(H,17,18). The van der Waals surface area contributed by atoms with Gasteiger partial charge in [0.2, 0.25) is 5.91 Å². The van der Waals surface area contributed by atoms with E-state index in [2.05, 4.69) is 34.0 Å². The van der Waals surface area contributed by atoms with Crippen molar-refractivity contribution in [3.05, 3.63) is 27.3 Å². The Balaban J connectivity index is 2.94. The fraction of sp³-hybridized carbons (Fsp3) is 0.429. The first kappa shape index (κ1) is 15.0. The number of nitrogens with one attached hydrogen (secondary N) is 1. The molecule has 0 saturated carbocycles. The van der Waals surface area contributed by atoms with Crippen molar-refractivity contribution in [1.82, 2.24) is 0 Å². The second-order valence-corrected chi connectivity index (χ2v) is 5.48. The number of halogens is 1. The zero-order valence-corrected chi connectivity index (χ0v) is 13.0. The molecule has 1 N–H and O–H groups in total. The molecule has 1 aromatic rings. The first-order valence-electron chi connectivity index (χ1n) is 5.98. The number of amides is 1. The van der Waals surface area contributed by atoms with Crippen molar-refractivity contribution in [2.75, 3.05) is 5.32 Å². The molecule has 0 spiro atoms. The molecule has 0 atom stereocenters. The summed E-state index contributed by atoms with van der Waals surface area (Å²) in [5, 5.41) is 12.0. The average Bonchev–Trinajstić information content (AvgIpc) is 2.37. The maximum atomic E-state index is 12.2. The monoisotopic (exact) mass is 356 g/mol. The molecule has 4 heteroatoms. The largest absolute Gasteiger partial charge is 0.325 e. The van der Waals surface area contributed by atoms with E-state index < -0.39 is 5.41 Å². The normalized spacial score (nSPS) is 10.8. The van der Waals surface area contributed by atoms with Crippen LogP contribution < -0.4 is 5.32 Å². The molecular weight excluding hydrogens is 339 g/mol. The van der Waals surface area contributed by atoms with E-state index in [1.807, 2.05) is 39.0 Å². The molecule has 96 valence electrons. The summed E-state index contributed by atoms with van der Waals surface area (Å²) < 4.78 is 1.10. The van der Waals surface area contributed by atoms with Crippen molar-refractivity contribution >= 4 is 34.2 Å². The highest BCUT2D eigenvalue weighted by atomic mass is 127. The Bertz CT molecular complexity index is 487. The third-order valence-corrected chi connectivity index (χ3v) is 4.45. The lowest BCUT2D eigenvalue weighted by molar-refractivity contribution is -0.123. The first-order chi connectivity index (χ1) is 8.49. The molecule has 0 aliphatic rings. The number of aryl methyl sites for hydroxylation is 1. The summed E-state index contributed by atoms with van der Waals surface area (Å²) in [6.45, 7) is 5.75. The minimum atomic E-state index is -0.920. The molecule has 0 saturated heterocycles. The van der Waals surface area contributed by atoms with Crippen molar-refractivity contribution in [2.45, 2.75) is 33.6 Å². The molecule has 3 nitrogen and oxygen atoms in total. The van der Waals surface area contributed by atoms with Gasteiger partial charge in [-0.15, -0.1) is 0 Å². The van der Waals surface area contributed by atoms with Gasteiger partial charge in [-0.05, 0) is 60.1 Å². The van der Waals surface area contributed by atoms with E-state index in [0.717, 1.165) is 9.26 Å². The van der Waals surface area contributed by atoms with Gasteiger partial charge in [-0.25, -0.2) is 0 Å². The third kappa shape index (κ3) is 3.02. The molecular formula is C14H17IN2O. The Labute approximate surface area is 122 Å². The Morgan fingerprint density at radius 2 is 2.06 bits per heavy atom. The SMILES string of the molecule is CCC(C#N)(CC)C(=O)Nc1ccc(C)c(I)c1. The number of hydrogen-bond acceptors (Lipinski definition) is 2. The van der Waals surface area contributed by atoms with Crippen LogP contribution in [0.5, 0.6) is 0 Å². The van der Waals surface area contributed by atoms with Crippen LogP contribution in [-0.2, 0) is 4.79 Å². The van der Waals surface area contributed by atoms with Crippen LogP contribution in [0.1, 0.15) is 32.3 Å². The molecule has 1 amide bonds. The number of rotatable bonds is 4. The molecule has 0 aliphatic heterocycles. The van der Waals surface area contributed by atoms with Gasteiger partial charge in [0.15, 0.2) is 0 Å². The van der Waals surface area contributed by atoms with E-state index in [9.17, 15) is 10.1 Å². The van der Waals surface area contributed by atoms with Gasteiger partial charge in [-0.1, -0.05) is 19.9 Å². The molecule has 0 aromatic heterocycles. The Morgan fingerprint density at radius 1 is 1.44 bits per heavy atom. The van der Waals surface area contributed by atoms with Gasteiger partial charge in [0, 0.05) is 9.26 Å². The van der Waals surface area contributed by atoms with Gasteiger partial charge in [0.05, 0.1) is 6.07 Å². The molecule has 1 rings (SSSR count). The Morgan fingerprint density at radius 3 is 2.50 bits per heavy atom. The molecule has 0 bridgehead atoms. The molecule has 0 heterocycles. The molecule has 1 aromatic carbocycles. The summed E-state index contributed by atoms with van der Waals surface area (Å²) in [6, 6.07) is 7.89. The molecule has 0 aliphatic carbocycles. The molecule has 0 radical (unpaired) electrons. The van der Waals surface area contributed by atoms with Crippen LogP contribution in [0, 0.1) is 27.2 Å². The summed E-state index contributed by atoms with van der Waals surface area (Å²) >= 11 is 2.23. The topological polar surface area (TPSA) is 52.9 Å². The highest BCUT2D eigenvalue weighted by Gasteiger charge is 2.34. The van der Waals surface area contributed by atoms with E-state index in [-0.39, 0.29) is 5.91 Å². The number of benzene rings is 1. The van der Waals surface area contributed by atoms with Crippen molar-refractivity contribution in [3.8, 4) is 6.07 Å². The lowest BCUT2D eigenvalue weighted by Gasteiger charge is -2.22. The van der Waals surface area contributed by atoms with Gasteiger partial charge in [0.25, 0.3) is 0 Å². The third-order valence-electron chi connectivity index (χ3n) is 3.29. The number of nitriles is 1. The van der Waals surface area contributed by atoms with E-state index in [1.165, 1.54) is 5.56 Å². The zero-order chi connectivity index (χ0) is 13.8. The summed E-state index contributed by atoms with van der Waals surface area (Å²) in [6.07, 6.45) is 1.05. The number of nitrogens with zero attached hydrogens (tertiary/aromatic N) is 1. The van der Waals surface area contributed by atoms with Crippen molar-refractivity contribution in [3.63, 3.8) is 0 Å². The van der Waals surface area contributed by atoms with Crippen molar-refractivity contribution < 1.29 is 4.79 Å². The maximum Gasteiger partial charge on any atom is 0.244 e. The fourth-order valence-corrected chi connectivity index (χ4v) is 2.22. The number of carbonyl (C=O) groups excluding carboxylic acids is 1. The maximum absolute atomic E-state index is 12.2. The van der Waals surface area contributed by atoms with Crippen molar-refractivity contribution in [1.29, 1.82) is 5.26 Å². The van der Waals surface area contributed by atoms with E-state index in [1.54, 1.807) is 0 Å². The van der Waals surface area contributed by atoms with E-state index >= 15 is 0 Å². The molecule has 0 unspecified atom stereocenters. The predicted molar refractivity (Wildman–Crippen MR) is 81.2 cm³/mol. The minimum Gasteiger partial charge on any atom is -0.325 e. The van der Waals surface area contributed by atoms with Crippen molar-refractivity contribution in [2.24, 2.45) is 5.41 Å². The second kappa shape index (κ2) is 6.19. The van der Waals surface area contributed by atoms with Crippen LogP contribution in [-0.4, -0.2) is 5.91 Å². The van der Waals surface area contributed by atoms with Crippen LogP contribution in [0.25, 0.3) is 0 Å². The lowest BCUT2D eigenvalue weighted by Crippen LogP contribution is -2.33. The average molecular weight is 356 g/mol. The predicted octanol–water partition coefficient (Wildman–Crippen LogP) is 3.87. The number of anilines is 1. The number of carbonyl (C=O) groups is 1. The van der Waals surface area contributed by atoms with Crippen LogP contribution in [0.3, 0.4) is 0 Å². The van der Waals surface area contributed by atoms with Gasteiger partial charge in [0.1, 0.15) is 5.41 Å². The number of hydrogen-bond donors (Lipinski definition) is 1. The highest BCUT2D eigenvalue weighted by molar-refractivity contribution is 14.1. The second-order valence-electron chi connectivity index (χ2n) is 4.32. The summed E-state index contributed by atoms with van der Waals surface area (Å²) in [4.78, 5) is 12.2. The quantitative estimate of drug-likeness (QED) is 0.833. The van der Waals surface area contributed by atoms with Gasteiger partial charge in [-0.2, -0.15) is 5.26 Å². The first-order valence-corrected chi connectivity index (χ1v) is 7.05. The Hall–Kier alpha value is -1.09. The minimum absolute atomic E-state index is 0.213. The lowest BCUT2D eigenvalue weighted by atomic mass is 9.83. The summed E-state index contributed by atoms with van der Waals surface area (Å²) in [5.41, 5.74) is 0.999. The fourth-order valence-electron chi connectivity index (χ4n) is 1.70. The van der Waals surface area contributed by atoms with Crippen LogP contribution >= 0.6 is 22.6 Å².